The molecule has 0 radical (unpaired) electrons. The van der Waals surface area contributed by atoms with Crippen LogP contribution in [0.25, 0.3) is 0 Å². The lowest BCUT2D eigenvalue weighted by molar-refractivity contribution is -0.280. The Hall–Kier alpha value is -0.620. The van der Waals surface area contributed by atoms with Gasteiger partial charge in [-0.2, -0.15) is 0 Å². The van der Waals surface area contributed by atoms with Gasteiger partial charge in [-0.3, -0.25) is 9.36 Å². The molecular weight excluding hydrogens is 433 g/mol. The molecular formula is C19H38NO10P. The number of aliphatic hydroxyl groups is 2. The Morgan fingerprint density at radius 2 is 1.77 bits per heavy atom. The number of aliphatic hydroxyl groups excluding tert-OH is 2. The zero-order valence-corrected chi connectivity index (χ0v) is 20.0. The molecule has 0 aromatic carbocycles. The molecule has 12 heteroatoms. The van der Waals surface area contributed by atoms with Crippen LogP contribution in [0, 0.1) is 0 Å². The average molecular weight is 471 g/mol. The molecule has 11 nitrogen and oxygen atoms in total. The second kappa shape index (κ2) is 12.6. The quantitative estimate of drug-likeness (QED) is 0.232. The molecule has 4 N–H and O–H groups in total. The lowest BCUT2D eigenvalue weighted by Crippen LogP contribution is -2.65. The number of ether oxygens (including phenoxy) is 4. The molecule has 184 valence electrons. The van der Waals surface area contributed by atoms with Gasteiger partial charge >= 0.3 is 7.60 Å². The fourth-order valence-corrected chi connectivity index (χ4v) is 3.45. The first-order valence-corrected chi connectivity index (χ1v) is 12.0. The van der Waals surface area contributed by atoms with Gasteiger partial charge in [0.1, 0.15) is 24.4 Å². The average Bonchev–Trinajstić information content (AvgIpc) is 2.64. The van der Waals surface area contributed by atoms with Gasteiger partial charge in [0.15, 0.2) is 6.29 Å². The zero-order chi connectivity index (χ0) is 23.8. The maximum atomic E-state index is 11.9. The third kappa shape index (κ3) is 9.81. The van der Waals surface area contributed by atoms with E-state index >= 15 is 0 Å². The second-order valence-corrected chi connectivity index (χ2v) is 11.0. The van der Waals surface area contributed by atoms with Crippen molar-refractivity contribution in [3.63, 3.8) is 0 Å². The number of rotatable bonds is 12. The molecule has 0 aromatic rings. The van der Waals surface area contributed by atoms with E-state index in [0.29, 0.717) is 0 Å². The molecule has 1 aliphatic heterocycles. The maximum absolute atomic E-state index is 11.9. The van der Waals surface area contributed by atoms with Crippen molar-refractivity contribution < 1.29 is 47.9 Å². The van der Waals surface area contributed by atoms with Crippen molar-refractivity contribution in [3.8, 4) is 0 Å². The summed E-state index contributed by atoms with van der Waals surface area (Å²) in [5, 5.41) is 22.8. The van der Waals surface area contributed by atoms with E-state index in [1.807, 2.05) is 20.8 Å². The molecule has 0 saturated carbocycles. The number of carbonyl (C=O) groups is 1. The van der Waals surface area contributed by atoms with Crippen LogP contribution in [0.3, 0.4) is 0 Å². The van der Waals surface area contributed by atoms with Gasteiger partial charge in [0.25, 0.3) is 0 Å². The number of amides is 1. The van der Waals surface area contributed by atoms with Gasteiger partial charge in [0, 0.05) is 6.92 Å². The van der Waals surface area contributed by atoms with E-state index < -0.39 is 56.4 Å². The van der Waals surface area contributed by atoms with Crippen molar-refractivity contribution in [1.82, 2.24) is 5.32 Å². The fraction of sp³-hybridized carbons (Fsp3) is 0.947. The minimum Gasteiger partial charge on any atom is -0.394 e. The highest BCUT2D eigenvalue weighted by molar-refractivity contribution is 7.53. The molecule has 0 spiro atoms. The Bertz CT molecular complexity index is 597. The summed E-state index contributed by atoms with van der Waals surface area (Å²) in [5.41, 5.74) is -0.925. The van der Waals surface area contributed by atoms with E-state index in [0.717, 1.165) is 0 Å². The number of hydrogen-bond donors (Lipinski definition) is 4. The first-order chi connectivity index (χ1) is 14.3. The Kier molecular flexibility index (Phi) is 11.5. The van der Waals surface area contributed by atoms with Crippen LogP contribution in [0.15, 0.2) is 0 Å². The molecule has 0 aliphatic carbocycles. The molecule has 0 bridgehead atoms. The van der Waals surface area contributed by atoms with Crippen LogP contribution in [0.5, 0.6) is 0 Å². The molecule has 6 unspecified atom stereocenters. The van der Waals surface area contributed by atoms with Gasteiger partial charge in [-0.1, -0.05) is 13.8 Å². The van der Waals surface area contributed by atoms with E-state index in [9.17, 15) is 24.5 Å². The first kappa shape index (κ1) is 28.4. The van der Waals surface area contributed by atoms with Crippen LogP contribution >= 0.6 is 7.60 Å². The van der Waals surface area contributed by atoms with E-state index in [2.05, 4.69) is 5.32 Å². The molecule has 1 heterocycles. The SMILES string of the molecule is CC(=O)NC1C(OCCOC(C)(C)C)OC(CO)C(O)C1OCCOP(=O)(O)C(C)C. The van der Waals surface area contributed by atoms with Gasteiger partial charge in [-0.25, -0.2) is 0 Å². The van der Waals surface area contributed by atoms with Crippen LogP contribution in [0.2, 0.25) is 0 Å². The molecule has 6 atom stereocenters. The minimum atomic E-state index is -3.77. The van der Waals surface area contributed by atoms with Crippen molar-refractivity contribution in [2.24, 2.45) is 0 Å². The van der Waals surface area contributed by atoms with E-state index in [-0.39, 0.29) is 32.0 Å². The number of nitrogens with one attached hydrogen (secondary N) is 1. The summed E-state index contributed by atoms with van der Waals surface area (Å²) in [5.74, 6) is -0.396. The minimum absolute atomic E-state index is 0.132. The monoisotopic (exact) mass is 471 g/mol. The molecule has 1 aliphatic rings. The lowest BCUT2D eigenvalue weighted by atomic mass is 9.96. The van der Waals surface area contributed by atoms with E-state index in [1.165, 1.54) is 6.92 Å². The smallest absolute Gasteiger partial charge is 0.330 e. The zero-order valence-electron chi connectivity index (χ0n) is 19.1. The Balaban J connectivity index is 2.81. The molecule has 31 heavy (non-hydrogen) atoms. The van der Waals surface area contributed by atoms with Gasteiger partial charge in [-0.05, 0) is 20.8 Å². The predicted octanol–water partition coefficient (Wildman–Crippen LogP) is 0.397. The maximum Gasteiger partial charge on any atom is 0.330 e. The number of hydrogen-bond acceptors (Lipinski definition) is 9. The van der Waals surface area contributed by atoms with Crippen LogP contribution in [0.4, 0.5) is 0 Å². The van der Waals surface area contributed by atoms with Crippen LogP contribution in [-0.2, 0) is 32.8 Å². The summed E-state index contributed by atoms with van der Waals surface area (Å²) in [4.78, 5) is 21.5. The third-order valence-electron chi connectivity index (χ3n) is 4.45. The van der Waals surface area contributed by atoms with Crippen molar-refractivity contribution in [3.05, 3.63) is 0 Å². The summed E-state index contributed by atoms with van der Waals surface area (Å²) in [6.45, 7) is 9.72. The molecule has 1 amide bonds. The van der Waals surface area contributed by atoms with Gasteiger partial charge in [-0.15, -0.1) is 0 Å². The van der Waals surface area contributed by atoms with Crippen LogP contribution in [-0.4, -0.2) is 96.0 Å². The predicted molar refractivity (Wildman–Crippen MR) is 112 cm³/mol. The number of carbonyl (C=O) groups excluding carboxylic acids is 1. The fourth-order valence-electron chi connectivity index (χ4n) is 2.81. The molecule has 1 saturated heterocycles. The van der Waals surface area contributed by atoms with Crippen molar-refractivity contribution >= 4 is 13.5 Å². The van der Waals surface area contributed by atoms with Crippen molar-refractivity contribution in [2.45, 2.75) is 83.4 Å². The Morgan fingerprint density at radius 3 is 2.29 bits per heavy atom. The van der Waals surface area contributed by atoms with Crippen molar-refractivity contribution in [1.29, 1.82) is 0 Å². The summed E-state index contributed by atoms with van der Waals surface area (Å²) in [7, 11) is -3.77. The Morgan fingerprint density at radius 1 is 1.16 bits per heavy atom. The highest BCUT2D eigenvalue weighted by atomic mass is 31.2. The summed E-state index contributed by atoms with van der Waals surface area (Å²) in [6, 6.07) is -0.893. The van der Waals surface area contributed by atoms with E-state index in [1.54, 1.807) is 13.8 Å². The second-order valence-electron chi connectivity index (χ2n) is 8.60. The summed E-state index contributed by atoms with van der Waals surface area (Å²) < 4.78 is 39.5. The summed E-state index contributed by atoms with van der Waals surface area (Å²) in [6.07, 6.45) is -4.31. The highest BCUT2D eigenvalue weighted by Crippen LogP contribution is 2.46. The largest absolute Gasteiger partial charge is 0.394 e. The third-order valence-corrected chi connectivity index (χ3v) is 6.30. The van der Waals surface area contributed by atoms with Gasteiger partial charge < -0.3 is 43.9 Å². The van der Waals surface area contributed by atoms with Gasteiger partial charge in [0.2, 0.25) is 5.91 Å². The van der Waals surface area contributed by atoms with E-state index in [4.69, 9.17) is 23.5 Å². The molecule has 0 aromatic heterocycles. The molecule has 1 rings (SSSR count). The topological polar surface area (TPSA) is 153 Å². The van der Waals surface area contributed by atoms with Crippen LogP contribution < -0.4 is 5.32 Å². The standard InChI is InChI=1S/C19H38NO10P/c1-12(2)31(24,25)29-10-8-26-17-15(20-13(3)22)18(30-14(11-21)16(17)23)27-7-9-28-19(4,5)6/h12,14-18,21,23H,7-11H2,1-6H3,(H,20,22)(H,24,25). The van der Waals surface area contributed by atoms with Crippen LogP contribution in [0.1, 0.15) is 41.5 Å². The molecule has 1 fully saturated rings. The van der Waals surface area contributed by atoms with Crippen molar-refractivity contribution in [2.75, 3.05) is 33.0 Å². The Labute approximate surface area is 183 Å². The van der Waals surface area contributed by atoms with Gasteiger partial charge in [0.05, 0.1) is 44.3 Å². The first-order valence-electron chi connectivity index (χ1n) is 10.3. The highest BCUT2D eigenvalue weighted by Gasteiger charge is 2.47. The lowest BCUT2D eigenvalue weighted by Gasteiger charge is -2.44. The summed E-state index contributed by atoms with van der Waals surface area (Å²) >= 11 is 0. The normalized spacial score (nSPS) is 29.0.